The van der Waals surface area contributed by atoms with E-state index in [9.17, 15) is 5.11 Å². The van der Waals surface area contributed by atoms with Gasteiger partial charge in [-0.15, -0.1) is 0 Å². The van der Waals surface area contributed by atoms with Crippen molar-refractivity contribution in [3.8, 4) is 0 Å². The summed E-state index contributed by atoms with van der Waals surface area (Å²) in [6, 6.07) is 1.63. The minimum Gasteiger partial charge on any atom is -0.369 e. The number of rotatable bonds is 2. The predicted molar refractivity (Wildman–Crippen MR) is 52.0 cm³/mol. The van der Waals surface area contributed by atoms with Gasteiger partial charge in [-0.3, -0.25) is 0 Å². The molecule has 0 saturated carbocycles. The van der Waals surface area contributed by atoms with Crippen LogP contribution in [0.4, 0.5) is 5.95 Å². The van der Waals surface area contributed by atoms with Gasteiger partial charge >= 0.3 is 0 Å². The molecule has 0 fully saturated rings. The van der Waals surface area contributed by atoms with E-state index in [2.05, 4.69) is 15.3 Å². The van der Waals surface area contributed by atoms with Crippen molar-refractivity contribution in [2.75, 3.05) is 5.32 Å². The van der Waals surface area contributed by atoms with Crippen LogP contribution in [0, 0.1) is 0 Å². The molecule has 0 aromatic carbocycles. The van der Waals surface area contributed by atoms with E-state index in [1.807, 2.05) is 0 Å². The Labute approximate surface area is 89.9 Å². The fraction of sp³-hybridized carbons (Fsp3) is 0.333. The van der Waals surface area contributed by atoms with Gasteiger partial charge < -0.3 is 10.4 Å². The van der Waals surface area contributed by atoms with Crippen LogP contribution in [0.25, 0.3) is 0 Å². The van der Waals surface area contributed by atoms with Gasteiger partial charge in [0, 0.05) is 12.4 Å². The Morgan fingerprint density at radius 2 is 1.85 bits per heavy atom. The topological polar surface area (TPSA) is 58.0 Å². The number of aliphatic hydroxyl groups is 1. The van der Waals surface area contributed by atoms with Gasteiger partial charge in [-0.05, 0) is 6.07 Å². The molecule has 1 atom stereocenters. The minimum absolute atomic E-state index is 0.196. The summed E-state index contributed by atoms with van der Waals surface area (Å²) in [5.41, 5.74) is 0. The lowest BCUT2D eigenvalue weighted by atomic mass is 10.6. The Bertz CT molecular complexity index is 264. The molecule has 0 radical (unpaired) electrons. The smallest absolute Gasteiger partial charge is 0.234 e. The first-order valence-corrected chi connectivity index (χ1v) is 4.42. The Hall–Kier alpha value is -0.290. The third-order valence-corrected chi connectivity index (χ3v) is 1.76. The Morgan fingerprint density at radius 1 is 1.31 bits per heavy atom. The highest BCUT2D eigenvalue weighted by atomic mass is 35.6. The first kappa shape index (κ1) is 10.8. The molecule has 0 saturated heterocycles. The molecule has 0 aliphatic rings. The second-order valence-corrected chi connectivity index (χ2v) is 4.53. The van der Waals surface area contributed by atoms with E-state index in [0.29, 0.717) is 0 Å². The maximum Gasteiger partial charge on any atom is 0.234 e. The molecule has 1 heterocycles. The largest absolute Gasteiger partial charge is 0.369 e. The summed E-state index contributed by atoms with van der Waals surface area (Å²) >= 11 is 16.2. The number of anilines is 1. The summed E-state index contributed by atoms with van der Waals surface area (Å²) < 4.78 is -1.81. The number of nitrogens with one attached hydrogen (secondary N) is 1. The van der Waals surface area contributed by atoms with E-state index in [4.69, 9.17) is 34.8 Å². The van der Waals surface area contributed by atoms with Gasteiger partial charge in [-0.25, -0.2) is 9.97 Å². The second-order valence-electron chi connectivity index (χ2n) is 2.16. The van der Waals surface area contributed by atoms with Crippen molar-refractivity contribution in [2.45, 2.75) is 10.0 Å². The summed E-state index contributed by atoms with van der Waals surface area (Å²) in [5.74, 6) is 0.196. The first-order valence-electron chi connectivity index (χ1n) is 3.28. The Balaban J connectivity index is 2.61. The molecule has 0 unspecified atom stereocenters. The first-order chi connectivity index (χ1) is 6.00. The van der Waals surface area contributed by atoms with Gasteiger partial charge in [0.15, 0.2) is 6.23 Å². The van der Waals surface area contributed by atoms with Crippen molar-refractivity contribution in [1.82, 2.24) is 9.97 Å². The third kappa shape index (κ3) is 3.52. The van der Waals surface area contributed by atoms with E-state index in [1.54, 1.807) is 6.07 Å². The van der Waals surface area contributed by atoms with Crippen LogP contribution in [-0.4, -0.2) is 25.1 Å². The quantitative estimate of drug-likeness (QED) is 0.611. The van der Waals surface area contributed by atoms with Crippen LogP contribution in [0.1, 0.15) is 0 Å². The van der Waals surface area contributed by atoms with Crippen LogP contribution in [0.15, 0.2) is 18.5 Å². The Kier molecular flexibility index (Phi) is 3.55. The second kappa shape index (κ2) is 4.28. The Morgan fingerprint density at radius 3 is 2.31 bits per heavy atom. The van der Waals surface area contributed by atoms with Gasteiger partial charge in [0.1, 0.15) is 0 Å². The van der Waals surface area contributed by atoms with Crippen LogP contribution in [0.2, 0.25) is 0 Å². The molecule has 0 aliphatic heterocycles. The maximum absolute atomic E-state index is 9.25. The molecule has 13 heavy (non-hydrogen) atoms. The van der Waals surface area contributed by atoms with Gasteiger partial charge in [-0.2, -0.15) is 0 Å². The van der Waals surface area contributed by atoms with Crippen molar-refractivity contribution >= 4 is 40.8 Å². The summed E-state index contributed by atoms with van der Waals surface area (Å²) in [6.07, 6.45) is 1.65. The average molecular weight is 242 g/mol. The molecular weight excluding hydrogens is 236 g/mol. The van der Waals surface area contributed by atoms with E-state index in [-0.39, 0.29) is 5.95 Å². The van der Waals surface area contributed by atoms with Crippen molar-refractivity contribution in [3.63, 3.8) is 0 Å². The maximum atomic E-state index is 9.25. The lowest BCUT2D eigenvalue weighted by molar-refractivity contribution is 0.207. The zero-order chi connectivity index (χ0) is 9.90. The molecule has 0 amide bonds. The van der Waals surface area contributed by atoms with E-state index < -0.39 is 10.0 Å². The molecule has 1 rings (SSSR count). The fourth-order valence-electron chi connectivity index (χ4n) is 0.578. The van der Waals surface area contributed by atoms with Crippen LogP contribution < -0.4 is 5.32 Å². The highest BCUT2D eigenvalue weighted by molar-refractivity contribution is 6.68. The van der Waals surface area contributed by atoms with Crippen LogP contribution in [0.5, 0.6) is 0 Å². The molecular formula is C6H6Cl3N3O. The monoisotopic (exact) mass is 241 g/mol. The van der Waals surface area contributed by atoms with E-state index >= 15 is 0 Å². The molecule has 0 bridgehead atoms. The zero-order valence-corrected chi connectivity index (χ0v) is 8.55. The molecule has 72 valence electrons. The third-order valence-electron chi connectivity index (χ3n) is 1.14. The normalized spacial score (nSPS) is 13.8. The molecule has 0 spiro atoms. The molecule has 2 N–H and O–H groups in total. The highest BCUT2D eigenvalue weighted by Gasteiger charge is 2.31. The lowest BCUT2D eigenvalue weighted by Gasteiger charge is -2.19. The number of nitrogens with zero attached hydrogens (tertiary/aromatic N) is 2. The highest BCUT2D eigenvalue weighted by Crippen LogP contribution is 2.30. The van der Waals surface area contributed by atoms with Gasteiger partial charge in [0.2, 0.25) is 9.74 Å². The summed E-state index contributed by atoms with van der Waals surface area (Å²) in [4.78, 5) is 7.55. The molecule has 7 heteroatoms. The van der Waals surface area contributed by atoms with E-state index in [0.717, 1.165) is 0 Å². The van der Waals surface area contributed by atoms with Crippen molar-refractivity contribution in [3.05, 3.63) is 18.5 Å². The molecule has 0 aliphatic carbocycles. The van der Waals surface area contributed by atoms with Crippen molar-refractivity contribution < 1.29 is 5.11 Å². The molecule has 1 aromatic heterocycles. The van der Waals surface area contributed by atoms with Crippen molar-refractivity contribution in [1.29, 1.82) is 0 Å². The van der Waals surface area contributed by atoms with Crippen molar-refractivity contribution in [2.24, 2.45) is 0 Å². The van der Waals surface area contributed by atoms with Crippen LogP contribution in [-0.2, 0) is 0 Å². The standard InChI is InChI=1S/C6H6Cl3N3O/c7-6(8,9)4(13)12-5-10-2-1-3-11-5/h1-4,13H,(H,10,11,12)/t4-/m0/s1. The van der Waals surface area contributed by atoms with Gasteiger partial charge in [-0.1, -0.05) is 34.8 Å². The average Bonchev–Trinajstić information content (AvgIpc) is 2.04. The number of alkyl halides is 3. The number of aromatic nitrogens is 2. The fourth-order valence-corrected chi connectivity index (χ4v) is 0.741. The lowest BCUT2D eigenvalue weighted by Crippen LogP contribution is -2.33. The number of hydrogen-bond acceptors (Lipinski definition) is 4. The minimum atomic E-state index is -1.81. The summed E-state index contributed by atoms with van der Waals surface area (Å²) in [7, 11) is 0. The van der Waals surface area contributed by atoms with Gasteiger partial charge in [0.25, 0.3) is 0 Å². The van der Waals surface area contributed by atoms with E-state index in [1.165, 1.54) is 12.4 Å². The number of hydrogen-bond donors (Lipinski definition) is 2. The number of aliphatic hydroxyl groups excluding tert-OH is 1. The number of halogens is 3. The molecule has 4 nitrogen and oxygen atoms in total. The summed E-state index contributed by atoms with van der Waals surface area (Å²) in [6.45, 7) is 0. The van der Waals surface area contributed by atoms with Crippen LogP contribution >= 0.6 is 34.8 Å². The van der Waals surface area contributed by atoms with Crippen LogP contribution in [0.3, 0.4) is 0 Å². The molecule has 1 aromatic rings. The predicted octanol–water partition coefficient (Wildman–Crippen LogP) is 1.58. The zero-order valence-electron chi connectivity index (χ0n) is 6.28. The summed E-state index contributed by atoms with van der Waals surface area (Å²) in [5, 5.41) is 11.7. The van der Waals surface area contributed by atoms with Gasteiger partial charge in [0.05, 0.1) is 0 Å². The SMILES string of the molecule is O[C@H](Nc1ncccn1)C(Cl)(Cl)Cl.